The number of carbonyl (C=O) groups excluding carboxylic acids is 1. The average Bonchev–Trinajstić information content (AvgIpc) is 3.32. The van der Waals surface area contributed by atoms with Crippen LogP contribution in [0.2, 0.25) is 0 Å². The monoisotopic (exact) mass is 456 g/mol. The van der Waals surface area contributed by atoms with E-state index in [1.165, 1.54) is 45.9 Å². The molecule has 0 aliphatic carbocycles. The topological polar surface area (TPSA) is 98.0 Å². The second kappa shape index (κ2) is 8.90. The molecule has 0 aliphatic heterocycles. The number of fused-ring (bicyclic) bond motifs is 1. The molecular formula is C20H16N4O3S3. The van der Waals surface area contributed by atoms with E-state index in [-0.39, 0.29) is 18.0 Å². The molecular weight excluding hydrogens is 440 g/mol. The van der Waals surface area contributed by atoms with Gasteiger partial charge in [-0.2, -0.15) is 0 Å². The zero-order valence-electron chi connectivity index (χ0n) is 15.8. The molecule has 0 bridgehead atoms. The summed E-state index contributed by atoms with van der Waals surface area (Å²) in [7, 11) is 0. The fourth-order valence-corrected chi connectivity index (χ4v) is 5.39. The van der Waals surface area contributed by atoms with Gasteiger partial charge in [0.15, 0.2) is 5.13 Å². The summed E-state index contributed by atoms with van der Waals surface area (Å²) in [5.74, 6) is 0.612. The van der Waals surface area contributed by atoms with Crippen molar-refractivity contribution in [2.75, 3.05) is 5.32 Å². The molecule has 0 atom stereocenters. The lowest BCUT2D eigenvalue weighted by Gasteiger charge is -2.00. The molecule has 10 heteroatoms. The lowest BCUT2D eigenvalue weighted by Crippen LogP contribution is -2.14. The molecule has 2 heterocycles. The number of nitrogens with zero attached hydrogens (tertiary/aromatic N) is 3. The standard InChI is InChI=1S/C20H16N4O3S3/c1-12-2-4-13(5-3-12)10-28-20-21-14(11-29-20)8-18(25)23-19-22-16-7-6-15(24(26)27)9-17(16)30-19/h2-7,9,11H,8,10H2,1H3,(H,22,23,25). The zero-order valence-corrected chi connectivity index (χ0v) is 18.3. The van der Waals surface area contributed by atoms with E-state index in [2.05, 4.69) is 46.5 Å². The summed E-state index contributed by atoms with van der Waals surface area (Å²) in [5.41, 5.74) is 3.79. The molecule has 0 fully saturated rings. The van der Waals surface area contributed by atoms with Gasteiger partial charge in [-0.3, -0.25) is 14.9 Å². The van der Waals surface area contributed by atoms with E-state index in [4.69, 9.17) is 0 Å². The summed E-state index contributed by atoms with van der Waals surface area (Å²) in [6.45, 7) is 2.06. The SMILES string of the molecule is Cc1ccc(CSc2nc(CC(=O)Nc3nc4ccc([N+](=O)[O-])cc4s3)cs2)cc1. The van der Waals surface area contributed by atoms with E-state index in [1.54, 1.807) is 17.8 Å². The van der Waals surface area contributed by atoms with Gasteiger partial charge >= 0.3 is 0 Å². The Morgan fingerprint density at radius 3 is 2.77 bits per heavy atom. The number of nitro groups is 1. The molecule has 1 amide bonds. The molecule has 0 spiro atoms. The van der Waals surface area contributed by atoms with Gasteiger partial charge in [-0.1, -0.05) is 52.9 Å². The molecule has 30 heavy (non-hydrogen) atoms. The van der Waals surface area contributed by atoms with E-state index in [0.29, 0.717) is 21.0 Å². The Bertz CT molecular complexity index is 1220. The van der Waals surface area contributed by atoms with Gasteiger partial charge in [0.25, 0.3) is 5.69 Å². The molecule has 1 N–H and O–H groups in total. The summed E-state index contributed by atoms with van der Waals surface area (Å²) in [6, 6.07) is 12.8. The predicted molar refractivity (Wildman–Crippen MR) is 121 cm³/mol. The molecule has 2 aromatic heterocycles. The summed E-state index contributed by atoms with van der Waals surface area (Å²) in [4.78, 5) is 31.6. The summed E-state index contributed by atoms with van der Waals surface area (Å²) in [6.07, 6.45) is 0.150. The minimum absolute atomic E-state index is 0.00201. The molecule has 0 aliphatic rings. The third-order valence-electron chi connectivity index (χ3n) is 4.18. The van der Waals surface area contributed by atoms with Crippen molar-refractivity contribution in [2.24, 2.45) is 0 Å². The number of carbonyl (C=O) groups is 1. The van der Waals surface area contributed by atoms with E-state index in [1.807, 2.05) is 5.38 Å². The van der Waals surface area contributed by atoms with Crippen LogP contribution in [0.4, 0.5) is 10.8 Å². The number of amides is 1. The highest BCUT2D eigenvalue weighted by molar-refractivity contribution is 8.00. The van der Waals surface area contributed by atoms with Crippen LogP contribution in [-0.4, -0.2) is 20.8 Å². The maximum atomic E-state index is 12.4. The van der Waals surface area contributed by atoms with E-state index >= 15 is 0 Å². The molecule has 2 aromatic carbocycles. The molecule has 7 nitrogen and oxygen atoms in total. The van der Waals surface area contributed by atoms with E-state index < -0.39 is 4.92 Å². The number of hydrogen-bond donors (Lipinski definition) is 1. The van der Waals surface area contributed by atoms with Gasteiger partial charge in [-0.25, -0.2) is 9.97 Å². The van der Waals surface area contributed by atoms with Crippen molar-refractivity contribution in [2.45, 2.75) is 23.4 Å². The minimum atomic E-state index is -0.450. The fourth-order valence-electron chi connectivity index (χ4n) is 2.67. The normalized spacial score (nSPS) is 11.0. The molecule has 0 unspecified atom stereocenters. The third-order valence-corrected chi connectivity index (χ3v) is 7.26. The molecule has 152 valence electrons. The lowest BCUT2D eigenvalue weighted by molar-refractivity contribution is -0.384. The van der Waals surface area contributed by atoms with Crippen molar-refractivity contribution in [1.82, 2.24) is 9.97 Å². The number of aromatic nitrogens is 2. The number of anilines is 1. The summed E-state index contributed by atoms with van der Waals surface area (Å²) < 4.78 is 1.58. The van der Waals surface area contributed by atoms with Gasteiger partial charge in [0.2, 0.25) is 5.91 Å². The minimum Gasteiger partial charge on any atom is -0.302 e. The number of nitro benzene ring substituents is 1. The van der Waals surface area contributed by atoms with Crippen molar-refractivity contribution in [3.05, 3.63) is 74.8 Å². The fraction of sp³-hybridized carbons (Fsp3) is 0.150. The second-order valence-electron chi connectivity index (χ2n) is 6.53. The number of non-ortho nitro benzene ring substituents is 1. The van der Waals surface area contributed by atoms with Crippen molar-refractivity contribution in [3.63, 3.8) is 0 Å². The summed E-state index contributed by atoms with van der Waals surface area (Å²) in [5, 5.41) is 15.9. The number of rotatable bonds is 7. The molecule has 0 radical (unpaired) electrons. The zero-order chi connectivity index (χ0) is 21.1. The highest BCUT2D eigenvalue weighted by Gasteiger charge is 2.13. The van der Waals surface area contributed by atoms with Gasteiger partial charge in [0, 0.05) is 23.3 Å². The van der Waals surface area contributed by atoms with Crippen LogP contribution in [0.3, 0.4) is 0 Å². The molecule has 0 saturated carbocycles. The van der Waals surface area contributed by atoms with Gasteiger partial charge in [0.05, 0.1) is 27.3 Å². The van der Waals surface area contributed by atoms with E-state index in [0.717, 1.165) is 10.1 Å². The smallest absolute Gasteiger partial charge is 0.270 e. The molecule has 0 saturated heterocycles. The Morgan fingerprint density at radius 1 is 1.20 bits per heavy atom. The van der Waals surface area contributed by atoms with Crippen LogP contribution in [0.15, 0.2) is 52.2 Å². The van der Waals surface area contributed by atoms with Crippen LogP contribution in [0, 0.1) is 17.0 Å². The predicted octanol–water partition coefficient (Wildman–Crippen LogP) is 5.44. The van der Waals surface area contributed by atoms with E-state index in [9.17, 15) is 14.9 Å². The number of hydrogen-bond acceptors (Lipinski definition) is 8. The van der Waals surface area contributed by atoms with Crippen molar-refractivity contribution >= 4 is 61.4 Å². The Kier molecular flexibility index (Phi) is 6.07. The second-order valence-corrected chi connectivity index (χ2v) is 9.64. The quantitative estimate of drug-likeness (QED) is 0.226. The van der Waals surface area contributed by atoms with Gasteiger partial charge in [-0.05, 0) is 18.6 Å². The van der Waals surface area contributed by atoms with Crippen molar-refractivity contribution in [1.29, 1.82) is 0 Å². The first kappa shape index (κ1) is 20.5. The number of thioether (sulfide) groups is 1. The lowest BCUT2D eigenvalue weighted by atomic mass is 10.2. The largest absolute Gasteiger partial charge is 0.302 e. The van der Waals surface area contributed by atoms with Crippen LogP contribution in [0.25, 0.3) is 10.2 Å². The average molecular weight is 457 g/mol. The number of thiazole rings is 2. The Hall–Kier alpha value is -2.82. The maximum absolute atomic E-state index is 12.4. The first-order valence-electron chi connectivity index (χ1n) is 8.94. The highest BCUT2D eigenvalue weighted by atomic mass is 32.2. The third kappa shape index (κ3) is 5.02. The molecule has 4 rings (SSSR count). The first-order chi connectivity index (χ1) is 14.5. The number of benzene rings is 2. The number of nitrogens with one attached hydrogen (secondary N) is 1. The molecule has 4 aromatic rings. The number of aryl methyl sites for hydroxylation is 1. The highest BCUT2D eigenvalue weighted by Crippen LogP contribution is 2.30. The van der Waals surface area contributed by atoms with Crippen LogP contribution >= 0.6 is 34.4 Å². The van der Waals surface area contributed by atoms with Gasteiger partial charge in [0.1, 0.15) is 4.34 Å². The van der Waals surface area contributed by atoms with Crippen molar-refractivity contribution < 1.29 is 9.72 Å². The summed E-state index contributed by atoms with van der Waals surface area (Å²) >= 11 is 4.38. The van der Waals surface area contributed by atoms with Gasteiger partial charge in [-0.15, -0.1) is 11.3 Å². The van der Waals surface area contributed by atoms with Crippen LogP contribution in [0.1, 0.15) is 16.8 Å². The maximum Gasteiger partial charge on any atom is 0.270 e. The van der Waals surface area contributed by atoms with Crippen molar-refractivity contribution in [3.8, 4) is 0 Å². The van der Waals surface area contributed by atoms with Gasteiger partial charge < -0.3 is 5.32 Å². The van der Waals surface area contributed by atoms with Crippen LogP contribution < -0.4 is 5.32 Å². The Morgan fingerprint density at radius 2 is 2.00 bits per heavy atom. The first-order valence-corrected chi connectivity index (χ1v) is 11.6. The Balaban J connectivity index is 1.34. The van der Waals surface area contributed by atoms with Crippen LogP contribution in [-0.2, 0) is 17.0 Å². The Labute approximate surface area is 184 Å². The van der Waals surface area contributed by atoms with Crippen LogP contribution in [0.5, 0.6) is 0 Å².